The van der Waals surface area contributed by atoms with Gasteiger partial charge < -0.3 is 14.5 Å². The standard InChI is InChI=1S/C23H23ClN6O3S2/c1-27-7-6-16-17(12-27)35-21-19(16)20(32)29(15-4-2-14(24)3-5-15)22-25-26-23(30(21)22)34-13-18(31)28-8-10-33-11-9-28/h2-5H,6-13H2,1H3. The van der Waals surface area contributed by atoms with E-state index in [2.05, 4.69) is 22.1 Å². The smallest absolute Gasteiger partial charge is 0.268 e. The molecule has 1 aromatic carbocycles. The number of likely N-dealkylation sites (N-methyl/N-ethyl adjacent to an activating group) is 1. The van der Waals surface area contributed by atoms with Gasteiger partial charge in [-0.3, -0.25) is 9.59 Å². The molecule has 12 heteroatoms. The zero-order valence-corrected chi connectivity index (χ0v) is 21.5. The second-order valence-corrected chi connectivity index (χ2v) is 11.2. The van der Waals surface area contributed by atoms with E-state index in [-0.39, 0.29) is 17.2 Å². The minimum atomic E-state index is -0.106. The van der Waals surface area contributed by atoms with E-state index in [1.807, 2.05) is 21.4 Å². The maximum absolute atomic E-state index is 13.9. The molecule has 35 heavy (non-hydrogen) atoms. The number of carbonyl (C=O) groups excluding carboxylic acids is 1. The van der Waals surface area contributed by atoms with Gasteiger partial charge in [-0.15, -0.1) is 21.5 Å². The number of ether oxygens (including phenoxy) is 1. The first-order chi connectivity index (χ1) is 17.0. The molecule has 2 aliphatic heterocycles. The summed E-state index contributed by atoms with van der Waals surface area (Å²) in [6.45, 7) is 4.03. The van der Waals surface area contributed by atoms with Gasteiger partial charge in [-0.05, 0) is 43.3 Å². The summed E-state index contributed by atoms with van der Waals surface area (Å²) < 4.78 is 8.90. The molecule has 0 spiro atoms. The third kappa shape index (κ3) is 4.05. The summed E-state index contributed by atoms with van der Waals surface area (Å²) in [4.78, 5) is 32.8. The predicted octanol–water partition coefficient (Wildman–Crippen LogP) is 2.69. The Bertz CT molecular complexity index is 1490. The molecule has 6 rings (SSSR count). The van der Waals surface area contributed by atoms with Gasteiger partial charge in [0.25, 0.3) is 5.56 Å². The number of aromatic nitrogens is 4. The van der Waals surface area contributed by atoms with Gasteiger partial charge in [-0.2, -0.15) is 0 Å². The first-order valence-electron chi connectivity index (χ1n) is 11.4. The topological polar surface area (TPSA) is 85.0 Å². The van der Waals surface area contributed by atoms with E-state index >= 15 is 0 Å². The second-order valence-electron chi connectivity index (χ2n) is 8.69. The first kappa shape index (κ1) is 23.0. The van der Waals surface area contributed by atoms with Crippen LogP contribution >= 0.6 is 34.7 Å². The van der Waals surface area contributed by atoms with Crippen molar-refractivity contribution in [2.75, 3.05) is 45.6 Å². The Kier molecular flexibility index (Phi) is 6.05. The Morgan fingerprint density at radius 3 is 2.71 bits per heavy atom. The second kappa shape index (κ2) is 9.21. The van der Waals surface area contributed by atoms with Crippen LogP contribution in [-0.2, 0) is 22.5 Å². The molecule has 0 bridgehead atoms. The zero-order valence-electron chi connectivity index (χ0n) is 19.1. The van der Waals surface area contributed by atoms with Crippen LogP contribution in [0.4, 0.5) is 0 Å². The van der Waals surface area contributed by atoms with E-state index in [4.69, 9.17) is 16.3 Å². The molecule has 2 aliphatic rings. The number of halogens is 1. The van der Waals surface area contributed by atoms with Gasteiger partial charge >= 0.3 is 0 Å². The highest BCUT2D eigenvalue weighted by Gasteiger charge is 2.27. The van der Waals surface area contributed by atoms with Crippen LogP contribution in [0.25, 0.3) is 21.7 Å². The van der Waals surface area contributed by atoms with Gasteiger partial charge in [-0.25, -0.2) is 8.97 Å². The van der Waals surface area contributed by atoms with Crippen LogP contribution in [0.1, 0.15) is 10.4 Å². The van der Waals surface area contributed by atoms with E-state index in [9.17, 15) is 9.59 Å². The predicted molar refractivity (Wildman–Crippen MR) is 137 cm³/mol. The highest BCUT2D eigenvalue weighted by Crippen LogP contribution is 2.35. The lowest BCUT2D eigenvalue weighted by Crippen LogP contribution is -2.41. The molecule has 1 amide bonds. The van der Waals surface area contributed by atoms with Crippen molar-refractivity contribution >= 4 is 56.6 Å². The minimum absolute atomic E-state index is 0.0458. The molecule has 4 aromatic rings. The highest BCUT2D eigenvalue weighted by molar-refractivity contribution is 7.99. The summed E-state index contributed by atoms with van der Waals surface area (Å²) in [6.07, 6.45) is 0.813. The fraction of sp³-hybridized carbons (Fsp3) is 0.391. The van der Waals surface area contributed by atoms with Crippen LogP contribution in [0.15, 0.2) is 34.2 Å². The van der Waals surface area contributed by atoms with E-state index in [1.54, 1.807) is 28.0 Å². The van der Waals surface area contributed by atoms with Crippen LogP contribution in [0.3, 0.4) is 0 Å². The maximum Gasteiger partial charge on any atom is 0.268 e. The van der Waals surface area contributed by atoms with E-state index in [0.717, 1.165) is 29.9 Å². The number of thiophene rings is 1. The molecule has 0 aliphatic carbocycles. The van der Waals surface area contributed by atoms with Gasteiger partial charge in [0, 0.05) is 36.1 Å². The van der Waals surface area contributed by atoms with Gasteiger partial charge in [-0.1, -0.05) is 23.4 Å². The lowest BCUT2D eigenvalue weighted by atomic mass is 10.1. The molecular weight excluding hydrogens is 508 g/mol. The molecule has 1 fully saturated rings. The number of fused-ring (bicyclic) bond motifs is 5. The summed E-state index contributed by atoms with van der Waals surface area (Å²) in [5.74, 6) is 0.721. The Labute approximate surface area is 214 Å². The van der Waals surface area contributed by atoms with Crippen LogP contribution in [0.2, 0.25) is 5.02 Å². The SMILES string of the molecule is CN1CCc2c(sc3c2c(=O)n(-c2ccc(Cl)cc2)c2nnc(SCC(=O)N4CCOCC4)n32)C1. The number of hydrogen-bond acceptors (Lipinski definition) is 8. The number of rotatable bonds is 4. The highest BCUT2D eigenvalue weighted by atomic mass is 35.5. The van der Waals surface area contributed by atoms with Gasteiger partial charge in [0.15, 0.2) is 5.16 Å². The Morgan fingerprint density at radius 2 is 1.94 bits per heavy atom. The van der Waals surface area contributed by atoms with E-state index in [0.29, 0.717) is 53.3 Å². The third-order valence-electron chi connectivity index (χ3n) is 6.44. The number of nitrogens with zero attached hydrogens (tertiary/aromatic N) is 6. The molecular formula is C23H23ClN6O3S2. The van der Waals surface area contributed by atoms with Gasteiger partial charge in [0.2, 0.25) is 11.7 Å². The molecule has 1 saturated heterocycles. The molecule has 0 radical (unpaired) electrons. The monoisotopic (exact) mass is 530 g/mol. The summed E-state index contributed by atoms with van der Waals surface area (Å²) in [5.41, 5.74) is 1.67. The maximum atomic E-state index is 13.9. The molecule has 0 saturated carbocycles. The summed E-state index contributed by atoms with van der Waals surface area (Å²) in [6, 6.07) is 7.14. The number of morpholine rings is 1. The van der Waals surface area contributed by atoms with Crippen LogP contribution in [0, 0.1) is 0 Å². The number of carbonyl (C=O) groups is 1. The van der Waals surface area contributed by atoms with Crippen molar-refractivity contribution in [3.05, 3.63) is 50.1 Å². The number of thioether (sulfide) groups is 1. The minimum Gasteiger partial charge on any atom is -0.378 e. The summed E-state index contributed by atoms with van der Waals surface area (Å²) in [5, 5.41) is 10.7. The van der Waals surface area contributed by atoms with Crippen LogP contribution in [-0.4, -0.2) is 80.5 Å². The summed E-state index contributed by atoms with van der Waals surface area (Å²) >= 11 is 9.08. The fourth-order valence-corrected chi connectivity index (χ4v) is 7.07. The lowest BCUT2D eigenvalue weighted by molar-refractivity contribution is -0.132. The average Bonchev–Trinajstić information content (AvgIpc) is 3.45. The van der Waals surface area contributed by atoms with Crippen LogP contribution < -0.4 is 5.56 Å². The van der Waals surface area contributed by atoms with Crippen molar-refractivity contribution in [2.45, 2.75) is 18.1 Å². The molecule has 9 nitrogen and oxygen atoms in total. The first-order valence-corrected chi connectivity index (χ1v) is 13.6. The zero-order chi connectivity index (χ0) is 24.1. The third-order valence-corrected chi connectivity index (χ3v) is 8.81. The average molecular weight is 531 g/mol. The molecule has 5 heterocycles. The van der Waals surface area contributed by atoms with Crippen molar-refractivity contribution in [1.82, 2.24) is 29.0 Å². The number of hydrogen-bond donors (Lipinski definition) is 0. The number of amides is 1. The Morgan fingerprint density at radius 1 is 1.17 bits per heavy atom. The largest absolute Gasteiger partial charge is 0.378 e. The Balaban J connectivity index is 1.50. The van der Waals surface area contributed by atoms with Crippen molar-refractivity contribution in [2.24, 2.45) is 0 Å². The summed E-state index contributed by atoms with van der Waals surface area (Å²) in [7, 11) is 2.09. The van der Waals surface area contributed by atoms with E-state index in [1.165, 1.54) is 16.6 Å². The van der Waals surface area contributed by atoms with Crippen molar-refractivity contribution < 1.29 is 9.53 Å². The quantitative estimate of drug-likeness (QED) is 0.375. The molecule has 0 N–H and O–H groups in total. The van der Waals surface area contributed by atoms with Crippen molar-refractivity contribution in [3.63, 3.8) is 0 Å². The van der Waals surface area contributed by atoms with Crippen molar-refractivity contribution in [3.8, 4) is 5.69 Å². The molecule has 3 aromatic heterocycles. The molecule has 182 valence electrons. The van der Waals surface area contributed by atoms with E-state index < -0.39 is 0 Å². The molecule has 0 unspecified atom stereocenters. The van der Waals surface area contributed by atoms with Crippen molar-refractivity contribution in [1.29, 1.82) is 0 Å². The fourth-order valence-electron chi connectivity index (χ4n) is 4.63. The van der Waals surface area contributed by atoms with Gasteiger partial charge in [0.05, 0.1) is 30.0 Å². The normalized spacial score (nSPS) is 16.8. The van der Waals surface area contributed by atoms with Gasteiger partial charge in [0.1, 0.15) is 4.83 Å². The Hall–Kier alpha value is -2.44. The molecule has 0 atom stereocenters. The number of benzene rings is 1. The lowest BCUT2D eigenvalue weighted by Gasteiger charge is -2.26. The van der Waals surface area contributed by atoms with Crippen LogP contribution in [0.5, 0.6) is 0 Å².